The van der Waals surface area contributed by atoms with E-state index in [2.05, 4.69) is 10.9 Å². The summed E-state index contributed by atoms with van der Waals surface area (Å²) in [7, 11) is 0. The van der Waals surface area contributed by atoms with Gasteiger partial charge in [-0.15, -0.1) is 12.3 Å². The summed E-state index contributed by atoms with van der Waals surface area (Å²) in [4.78, 5) is 3.25. The van der Waals surface area contributed by atoms with E-state index in [9.17, 15) is 13.2 Å². The lowest BCUT2D eigenvalue weighted by Gasteiger charge is -2.04. The van der Waals surface area contributed by atoms with E-state index < -0.39 is 11.9 Å². The van der Waals surface area contributed by atoms with Gasteiger partial charge in [-0.2, -0.15) is 13.2 Å². The molecule has 0 atom stereocenters. The molecule has 0 unspecified atom stereocenters. The molecule has 1 nitrogen and oxygen atoms in total. The minimum atomic E-state index is -4.38. The predicted octanol–water partition coefficient (Wildman–Crippen LogP) is 2.28. The molecule has 0 bridgehead atoms. The molecule has 68 valence electrons. The Bertz CT molecular complexity index is 318. The van der Waals surface area contributed by atoms with Gasteiger partial charge in [-0.25, -0.2) is 0 Å². The second-order valence-electron chi connectivity index (χ2n) is 2.43. The Hall–Kier alpha value is -1.50. The topological polar surface area (TPSA) is 12.9 Å². The third-order valence-electron chi connectivity index (χ3n) is 1.42. The Balaban J connectivity index is 2.89. The number of rotatable bonds is 1. The molecule has 0 aliphatic rings. The molecular weight excluding hydrogens is 179 g/mol. The van der Waals surface area contributed by atoms with Crippen LogP contribution in [0.25, 0.3) is 0 Å². The summed E-state index contributed by atoms with van der Waals surface area (Å²) in [6.45, 7) is 0. The van der Waals surface area contributed by atoms with E-state index in [0.717, 1.165) is 12.3 Å². The van der Waals surface area contributed by atoms with Crippen LogP contribution in [0.15, 0.2) is 18.3 Å². The zero-order valence-corrected chi connectivity index (χ0v) is 6.60. The number of nitrogens with zero attached hydrogens (tertiary/aromatic N) is 1. The highest BCUT2D eigenvalue weighted by atomic mass is 19.4. The first-order valence-corrected chi connectivity index (χ1v) is 3.49. The molecule has 1 rings (SSSR count). The minimum absolute atomic E-state index is 0.297. The summed E-state index contributed by atoms with van der Waals surface area (Å²) in [5.41, 5.74) is -0.288. The zero-order chi connectivity index (χ0) is 9.90. The smallest absolute Gasteiger partial charge is 0.251 e. The lowest BCUT2D eigenvalue weighted by atomic mass is 10.2. The summed E-state index contributed by atoms with van der Waals surface area (Å²) in [5.74, 6) is 2.32. The molecule has 0 aliphatic carbocycles. The maximum atomic E-state index is 12.0. The standard InChI is InChI=1S/C9H6F3N/c1-2-3-7-4-5-8(13-6-7)9(10,11)12/h1,4-6H,3H2. The molecule has 0 saturated carbocycles. The molecule has 1 aromatic rings. The van der Waals surface area contributed by atoms with Gasteiger partial charge in [-0.05, 0) is 11.6 Å². The SMILES string of the molecule is C#CCc1ccc(C(F)(F)F)nc1. The van der Waals surface area contributed by atoms with E-state index in [1.165, 1.54) is 6.07 Å². The maximum absolute atomic E-state index is 12.0. The van der Waals surface area contributed by atoms with Crippen molar-refractivity contribution in [1.82, 2.24) is 4.98 Å². The van der Waals surface area contributed by atoms with Crippen molar-refractivity contribution >= 4 is 0 Å². The Labute approximate surface area is 73.6 Å². The number of pyridine rings is 1. The van der Waals surface area contributed by atoms with Crippen LogP contribution < -0.4 is 0 Å². The number of alkyl halides is 3. The van der Waals surface area contributed by atoms with Crippen molar-refractivity contribution in [3.8, 4) is 12.3 Å². The van der Waals surface area contributed by atoms with Crippen LogP contribution >= 0.6 is 0 Å². The number of hydrogen-bond acceptors (Lipinski definition) is 1. The van der Waals surface area contributed by atoms with Crippen LogP contribution in [0.3, 0.4) is 0 Å². The molecule has 0 N–H and O–H groups in total. The Morgan fingerprint density at radius 3 is 2.46 bits per heavy atom. The van der Waals surface area contributed by atoms with Crippen LogP contribution in [0, 0.1) is 12.3 Å². The number of hydrogen-bond donors (Lipinski definition) is 0. The Morgan fingerprint density at radius 2 is 2.08 bits per heavy atom. The largest absolute Gasteiger partial charge is 0.433 e. The quantitative estimate of drug-likeness (QED) is 0.611. The molecule has 13 heavy (non-hydrogen) atoms. The fourth-order valence-corrected chi connectivity index (χ4v) is 0.815. The lowest BCUT2D eigenvalue weighted by molar-refractivity contribution is -0.141. The first kappa shape index (κ1) is 9.59. The normalized spacial score (nSPS) is 10.9. The van der Waals surface area contributed by atoms with Gasteiger partial charge in [0.05, 0.1) is 0 Å². The van der Waals surface area contributed by atoms with E-state index in [1.807, 2.05) is 0 Å². The van der Waals surface area contributed by atoms with Crippen LogP contribution in [0.4, 0.5) is 13.2 Å². The van der Waals surface area contributed by atoms with Gasteiger partial charge in [0.1, 0.15) is 5.69 Å². The molecule has 0 aliphatic heterocycles. The molecule has 1 heterocycles. The Kier molecular flexibility index (Phi) is 2.57. The van der Waals surface area contributed by atoms with E-state index in [4.69, 9.17) is 6.42 Å². The zero-order valence-electron chi connectivity index (χ0n) is 6.60. The van der Waals surface area contributed by atoms with E-state index in [1.54, 1.807) is 0 Å². The van der Waals surface area contributed by atoms with Gasteiger partial charge in [-0.1, -0.05) is 6.07 Å². The van der Waals surface area contributed by atoms with Crippen LogP contribution in [0.1, 0.15) is 11.3 Å². The molecule has 0 aromatic carbocycles. The summed E-state index contributed by atoms with van der Waals surface area (Å²) in [6.07, 6.45) is 2.04. The second-order valence-corrected chi connectivity index (χ2v) is 2.43. The molecule has 0 radical (unpaired) electrons. The van der Waals surface area contributed by atoms with Gasteiger partial charge in [0, 0.05) is 12.6 Å². The van der Waals surface area contributed by atoms with Crippen LogP contribution in [0.5, 0.6) is 0 Å². The van der Waals surface area contributed by atoms with Crippen LogP contribution in [-0.2, 0) is 12.6 Å². The summed E-state index contributed by atoms with van der Waals surface area (Å²) < 4.78 is 36.0. The van der Waals surface area contributed by atoms with Crippen molar-refractivity contribution in [1.29, 1.82) is 0 Å². The first-order valence-electron chi connectivity index (χ1n) is 3.49. The van der Waals surface area contributed by atoms with Gasteiger partial charge in [0.2, 0.25) is 0 Å². The van der Waals surface area contributed by atoms with Crippen molar-refractivity contribution in [2.45, 2.75) is 12.6 Å². The average molecular weight is 185 g/mol. The first-order chi connectivity index (χ1) is 6.04. The fourth-order valence-electron chi connectivity index (χ4n) is 0.815. The van der Waals surface area contributed by atoms with E-state index in [0.29, 0.717) is 12.0 Å². The lowest BCUT2D eigenvalue weighted by Crippen LogP contribution is -2.07. The third-order valence-corrected chi connectivity index (χ3v) is 1.42. The van der Waals surface area contributed by atoms with Crippen molar-refractivity contribution in [2.75, 3.05) is 0 Å². The third kappa shape index (κ3) is 2.48. The van der Waals surface area contributed by atoms with Crippen molar-refractivity contribution in [2.24, 2.45) is 0 Å². The highest BCUT2D eigenvalue weighted by Gasteiger charge is 2.31. The summed E-state index contributed by atoms with van der Waals surface area (Å²) in [5, 5.41) is 0. The monoisotopic (exact) mass is 185 g/mol. The molecule has 0 saturated heterocycles. The molecular formula is C9H6F3N. The van der Waals surface area contributed by atoms with Crippen molar-refractivity contribution < 1.29 is 13.2 Å². The number of aromatic nitrogens is 1. The molecule has 0 spiro atoms. The van der Waals surface area contributed by atoms with E-state index >= 15 is 0 Å². The summed E-state index contributed by atoms with van der Waals surface area (Å²) >= 11 is 0. The highest BCUT2D eigenvalue weighted by Crippen LogP contribution is 2.27. The van der Waals surface area contributed by atoms with Gasteiger partial charge >= 0.3 is 6.18 Å². The van der Waals surface area contributed by atoms with Crippen LogP contribution in [-0.4, -0.2) is 4.98 Å². The predicted molar refractivity (Wildman–Crippen MR) is 41.8 cm³/mol. The second kappa shape index (κ2) is 3.48. The van der Waals surface area contributed by atoms with Gasteiger partial charge in [-0.3, -0.25) is 4.98 Å². The highest BCUT2D eigenvalue weighted by molar-refractivity contribution is 5.19. The van der Waals surface area contributed by atoms with Gasteiger partial charge in [0.25, 0.3) is 0 Å². The molecule has 0 fully saturated rings. The van der Waals surface area contributed by atoms with E-state index in [-0.39, 0.29) is 0 Å². The summed E-state index contributed by atoms with van der Waals surface area (Å²) in [6, 6.07) is 2.25. The van der Waals surface area contributed by atoms with Gasteiger partial charge < -0.3 is 0 Å². The number of terminal acetylenes is 1. The molecule has 4 heteroatoms. The minimum Gasteiger partial charge on any atom is -0.251 e. The maximum Gasteiger partial charge on any atom is 0.433 e. The Morgan fingerprint density at radius 1 is 1.38 bits per heavy atom. The molecule has 0 amide bonds. The van der Waals surface area contributed by atoms with Gasteiger partial charge in [0.15, 0.2) is 0 Å². The molecule has 1 aromatic heterocycles. The van der Waals surface area contributed by atoms with Crippen molar-refractivity contribution in [3.63, 3.8) is 0 Å². The fraction of sp³-hybridized carbons (Fsp3) is 0.222. The van der Waals surface area contributed by atoms with Crippen molar-refractivity contribution in [3.05, 3.63) is 29.6 Å². The number of halogens is 3. The van der Waals surface area contributed by atoms with Crippen LogP contribution in [0.2, 0.25) is 0 Å². The average Bonchev–Trinajstić information content (AvgIpc) is 2.04.